The first kappa shape index (κ1) is 24.5. The van der Waals surface area contributed by atoms with Crippen LogP contribution < -0.4 is 21.2 Å². The first-order valence-corrected chi connectivity index (χ1v) is 13.0. The van der Waals surface area contributed by atoms with Crippen LogP contribution in [0.1, 0.15) is 27.2 Å². The molecule has 0 saturated heterocycles. The molecule has 5 nitrogen and oxygen atoms in total. The number of amides is 1. The first-order valence-electron chi connectivity index (χ1n) is 11.0. The molecule has 0 aliphatic heterocycles. The Morgan fingerprint density at radius 2 is 1.21 bits per heavy atom. The average Bonchev–Trinajstić information content (AvgIpc) is 2.79. The Morgan fingerprint density at radius 3 is 1.55 bits per heavy atom. The van der Waals surface area contributed by atoms with Crippen molar-refractivity contribution >= 4 is 35.2 Å². The summed E-state index contributed by atoms with van der Waals surface area (Å²) in [5.74, 6) is -1.08. The monoisotopic (exact) mass is 464 g/mol. The molecule has 0 saturated carbocycles. The highest BCUT2D eigenvalue weighted by Crippen LogP contribution is 2.55. The molecule has 0 aromatic heterocycles. The van der Waals surface area contributed by atoms with Gasteiger partial charge in [0.2, 0.25) is 0 Å². The average molecular weight is 465 g/mol. The molecule has 1 unspecified atom stereocenters. The largest absolute Gasteiger partial charge is 0.480 e. The second-order valence-electron chi connectivity index (χ2n) is 8.87. The van der Waals surface area contributed by atoms with Gasteiger partial charge in [0.1, 0.15) is 34.8 Å². The predicted molar refractivity (Wildman–Crippen MR) is 135 cm³/mol. The molecule has 1 atom stereocenters. The Labute approximate surface area is 196 Å². The van der Waals surface area contributed by atoms with Crippen LogP contribution in [0.5, 0.6) is 0 Å². The summed E-state index contributed by atoms with van der Waals surface area (Å²) >= 11 is 0. The number of ether oxygens (including phenoxy) is 1. The van der Waals surface area contributed by atoms with Crippen molar-refractivity contribution < 1.29 is 19.4 Å². The lowest BCUT2D eigenvalue weighted by atomic mass is 10.2. The highest BCUT2D eigenvalue weighted by atomic mass is 31.2. The van der Waals surface area contributed by atoms with E-state index >= 15 is 0 Å². The van der Waals surface area contributed by atoms with Crippen LogP contribution in [0.3, 0.4) is 0 Å². The minimum absolute atomic E-state index is 0.265. The molecule has 3 rings (SSSR count). The summed E-state index contributed by atoms with van der Waals surface area (Å²) in [6, 6.07) is 29.7. The second kappa shape index (κ2) is 10.6. The van der Waals surface area contributed by atoms with Crippen LogP contribution in [-0.4, -0.2) is 35.0 Å². The van der Waals surface area contributed by atoms with Crippen molar-refractivity contribution in [1.82, 2.24) is 5.32 Å². The van der Waals surface area contributed by atoms with Crippen molar-refractivity contribution in [1.29, 1.82) is 0 Å². The Morgan fingerprint density at radius 1 is 0.818 bits per heavy atom. The number of aliphatic carboxylic acids is 1. The first-order chi connectivity index (χ1) is 15.7. The van der Waals surface area contributed by atoms with Gasteiger partial charge >= 0.3 is 12.1 Å². The van der Waals surface area contributed by atoms with Crippen molar-refractivity contribution in [2.45, 2.75) is 38.8 Å². The maximum atomic E-state index is 12.3. The minimum atomic E-state index is -2.19. The molecule has 3 aromatic rings. The third-order valence-corrected chi connectivity index (χ3v) is 9.80. The van der Waals surface area contributed by atoms with E-state index in [1.54, 1.807) is 20.8 Å². The van der Waals surface area contributed by atoms with Crippen LogP contribution in [0.2, 0.25) is 0 Å². The summed E-state index contributed by atoms with van der Waals surface area (Å²) in [5.41, 5.74) is -0.706. The van der Waals surface area contributed by atoms with E-state index in [-0.39, 0.29) is 6.42 Å². The van der Waals surface area contributed by atoms with Gasteiger partial charge in [-0.1, -0.05) is 54.6 Å². The Balaban J connectivity index is 2.03. The molecular weight excluding hydrogens is 433 g/mol. The summed E-state index contributed by atoms with van der Waals surface area (Å²) in [6.45, 7) is 5.25. The summed E-state index contributed by atoms with van der Waals surface area (Å²) in [5, 5.41) is 15.9. The van der Waals surface area contributed by atoms with Crippen molar-refractivity contribution in [3.8, 4) is 0 Å². The van der Waals surface area contributed by atoms with Crippen LogP contribution in [-0.2, 0) is 9.53 Å². The normalized spacial score (nSPS) is 12.6. The van der Waals surface area contributed by atoms with Gasteiger partial charge in [-0.05, 0) is 57.2 Å². The zero-order chi connectivity index (χ0) is 23.9. The zero-order valence-corrected chi connectivity index (χ0v) is 20.2. The molecule has 0 aliphatic carbocycles. The number of carbonyl (C=O) groups is 2. The van der Waals surface area contributed by atoms with Gasteiger partial charge in [-0.3, -0.25) is 0 Å². The number of carbonyl (C=O) groups excluding carboxylic acids is 1. The topological polar surface area (TPSA) is 75.6 Å². The fourth-order valence-electron chi connectivity index (χ4n) is 3.91. The van der Waals surface area contributed by atoms with Gasteiger partial charge in [-0.2, -0.15) is 0 Å². The van der Waals surface area contributed by atoms with Gasteiger partial charge in [0.25, 0.3) is 0 Å². The molecule has 6 heteroatoms. The number of rotatable bonds is 8. The van der Waals surface area contributed by atoms with Gasteiger partial charge in [0, 0.05) is 6.42 Å². The Hall–Kier alpha value is -3.17. The lowest BCUT2D eigenvalue weighted by molar-refractivity contribution is -0.139. The van der Waals surface area contributed by atoms with Gasteiger partial charge in [-0.15, -0.1) is 0 Å². The molecule has 1 amide bonds. The summed E-state index contributed by atoms with van der Waals surface area (Å²) < 4.78 is 5.30. The van der Waals surface area contributed by atoms with E-state index in [0.29, 0.717) is 6.16 Å². The highest BCUT2D eigenvalue weighted by Gasteiger charge is 2.46. The number of carboxylic acids is 1. The summed E-state index contributed by atoms with van der Waals surface area (Å²) in [4.78, 5) is 24.4. The number of carboxylic acid groups (broad SMARTS) is 1. The second-order valence-corrected chi connectivity index (χ2v) is 12.5. The molecule has 0 spiro atoms. The van der Waals surface area contributed by atoms with Crippen LogP contribution >= 0.6 is 7.26 Å². The fourth-order valence-corrected chi connectivity index (χ4v) is 8.27. The molecule has 0 fully saturated rings. The standard InChI is InChI=1S/C27H30NO4P/c1-27(2,3)32-26(31)28-24(25(29)30)19-20-33(21-13-7-4-8-14-21,22-15-9-5-10-16-22)23-17-11-6-12-18-23/h4-18,24H,19-20H2,1-3H3,(H-,28,29,30,31)/p+1. The number of hydrogen-bond donors (Lipinski definition) is 2. The molecule has 0 heterocycles. The van der Waals surface area contributed by atoms with Crippen molar-refractivity contribution in [2.75, 3.05) is 6.16 Å². The highest BCUT2D eigenvalue weighted by molar-refractivity contribution is 7.95. The number of alkyl carbamates (subject to hydrolysis) is 1. The van der Waals surface area contributed by atoms with Crippen molar-refractivity contribution in [3.05, 3.63) is 91.0 Å². The Kier molecular flexibility index (Phi) is 7.88. The van der Waals surface area contributed by atoms with Gasteiger partial charge in [-0.25, -0.2) is 9.59 Å². The van der Waals surface area contributed by atoms with E-state index < -0.39 is 31.0 Å². The maximum absolute atomic E-state index is 12.3. The van der Waals surface area contributed by atoms with Crippen LogP contribution in [0.25, 0.3) is 0 Å². The van der Waals surface area contributed by atoms with Gasteiger partial charge < -0.3 is 15.2 Å². The van der Waals surface area contributed by atoms with E-state index in [1.165, 1.54) is 15.9 Å². The molecule has 0 bridgehead atoms. The van der Waals surface area contributed by atoms with Crippen LogP contribution in [0, 0.1) is 0 Å². The van der Waals surface area contributed by atoms with E-state index in [2.05, 4.69) is 41.7 Å². The molecule has 3 aromatic carbocycles. The van der Waals surface area contributed by atoms with Crippen molar-refractivity contribution in [2.24, 2.45) is 0 Å². The summed E-state index contributed by atoms with van der Waals surface area (Å²) in [7, 11) is -2.19. The van der Waals surface area contributed by atoms with E-state index in [0.717, 1.165) is 0 Å². The molecule has 33 heavy (non-hydrogen) atoms. The molecular formula is C27H31NO4P+. The lowest BCUT2D eigenvalue weighted by Crippen LogP contribution is -2.45. The quantitative estimate of drug-likeness (QED) is 0.486. The van der Waals surface area contributed by atoms with Gasteiger partial charge in [0.05, 0.1) is 6.16 Å². The number of hydrogen-bond acceptors (Lipinski definition) is 3. The van der Waals surface area contributed by atoms with Crippen LogP contribution in [0.4, 0.5) is 4.79 Å². The maximum Gasteiger partial charge on any atom is 0.408 e. The molecule has 2 N–H and O–H groups in total. The van der Waals surface area contributed by atoms with Crippen molar-refractivity contribution in [3.63, 3.8) is 0 Å². The van der Waals surface area contributed by atoms with E-state index in [1.807, 2.05) is 54.6 Å². The summed E-state index contributed by atoms with van der Waals surface area (Å²) in [6.07, 6.45) is 0.122. The smallest absolute Gasteiger partial charge is 0.408 e. The number of benzene rings is 3. The molecule has 0 radical (unpaired) electrons. The molecule has 172 valence electrons. The van der Waals surface area contributed by atoms with Crippen LogP contribution in [0.15, 0.2) is 91.0 Å². The number of nitrogens with one attached hydrogen (secondary N) is 1. The molecule has 0 aliphatic rings. The minimum Gasteiger partial charge on any atom is -0.480 e. The Bertz CT molecular complexity index is 953. The van der Waals surface area contributed by atoms with E-state index in [9.17, 15) is 14.7 Å². The zero-order valence-electron chi connectivity index (χ0n) is 19.3. The SMILES string of the molecule is CC(C)(C)OC(=O)NC(CC[P+](c1ccccc1)(c1ccccc1)c1ccccc1)C(=O)O. The predicted octanol–water partition coefficient (Wildman–Crippen LogP) is 4.35. The van der Waals surface area contributed by atoms with Gasteiger partial charge in [0.15, 0.2) is 0 Å². The van der Waals surface area contributed by atoms with E-state index in [4.69, 9.17) is 4.74 Å². The third kappa shape index (κ3) is 6.21. The fraction of sp³-hybridized carbons (Fsp3) is 0.259. The lowest BCUT2D eigenvalue weighted by Gasteiger charge is -2.29. The third-order valence-electron chi connectivity index (χ3n) is 5.33.